The van der Waals surface area contributed by atoms with Crippen LogP contribution in [0.3, 0.4) is 0 Å². The molecule has 2 heteroatoms. The van der Waals surface area contributed by atoms with Crippen LogP contribution in [0.1, 0.15) is 0 Å². The van der Waals surface area contributed by atoms with Gasteiger partial charge in [-0.05, 0) is 58.3 Å². The largest absolute Gasteiger partial charge is 0.355 e. The van der Waals surface area contributed by atoms with Crippen LogP contribution >= 0.6 is 11.3 Å². The Morgan fingerprint density at radius 1 is 0.500 bits per heavy atom. The Morgan fingerprint density at radius 2 is 1.27 bits per heavy atom. The van der Waals surface area contributed by atoms with Crippen LogP contribution in [0.15, 0.2) is 109 Å². The van der Waals surface area contributed by atoms with Crippen molar-refractivity contribution in [2.75, 3.05) is 5.32 Å². The second-order valence-electron chi connectivity index (χ2n) is 7.54. The first-order chi connectivity index (χ1) is 14.8. The molecule has 0 aliphatic carbocycles. The van der Waals surface area contributed by atoms with Crippen molar-refractivity contribution in [3.8, 4) is 11.1 Å². The van der Waals surface area contributed by atoms with Crippen molar-refractivity contribution in [1.82, 2.24) is 0 Å². The van der Waals surface area contributed by atoms with E-state index in [1.54, 1.807) is 0 Å². The molecule has 30 heavy (non-hydrogen) atoms. The van der Waals surface area contributed by atoms with Gasteiger partial charge in [-0.2, -0.15) is 0 Å². The first-order valence-corrected chi connectivity index (χ1v) is 10.9. The van der Waals surface area contributed by atoms with Gasteiger partial charge in [0.25, 0.3) is 0 Å². The van der Waals surface area contributed by atoms with Crippen LogP contribution in [0, 0.1) is 0 Å². The van der Waals surface area contributed by atoms with Gasteiger partial charge in [-0.1, -0.05) is 72.8 Å². The fourth-order valence-corrected chi connectivity index (χ4v) is 5.30. The molecule has 6 aromatic rings. The monoisotopic (exact) mass is 401 g/mol. The smallest absolute Gasteiger partial charge is 0.0391 e. The lowest BCUT2D eigenvalue weighted by molar-refractivity contribution is 1.55. The summed E-state index contributed by atoms with van der Waals surface area (Å²) in [6.07, 6.45) is 0. The minimum absolute atomic E-state index is 1.10. The number of fused-ring (bicyclic) bond motifs is 5. The van der Waals surface area contributed by atoms with Gasteiger partial charge in [0.05, 0.1) is 0 Å². The van der Waals surface area contributed by atoms with E-state index >= 15 is 0 Å². The minimum atomic E-state index is 1.10. The molecule has 1 aromatic heterocycles. The van der Waals surface area contributed by atoms with E-state index in [1.807, 2.05) is 11.3 Å². The third-order valence-corrected chi connectivity index (χ3v) is 6.75. The predicted molar refractivity (Wildman–Crippen MR) is 132 cm³/mol. The van der Waals surface area contributed by atoms with Gasteiger partial charge < -0.3 is 5.32 Å². The van der Waals surface area contributed by atoms with Crippen molar-refractivity contribution in [1.29, 1.82) is 0 Å². The van der Waals surface area contributed by atoms with Crippen molar-refractivity contribution >= 4 is 53.7 Å². The highest BCUT2D eigenvalue weighted by atomic mass is 32.1. The Labute approximate surface area is 179 Å². The maximum absolute atomic E-state index is 3.61. The third kappa shape index (κ3) is 2.94. The Kier molecular flexibility index (Phi) is 4.03. The van der Waals surface area contributed by atoms with Gasteiger partial charge in [0.2, 0.25) is 0 Å². The van der Waals surface area contributed by atoms with Gasteiger partial charge in [-0.15, -0.1) is 11.3 Å². The third-order valence-electron chi connectivity index (χ3n) is 5.62. The van der Waals surface area contributed by atoms with Crippen molar-refractivity contribution in [3.05, 3.63) is 109 Å². The van der Waals surface area contributed by atoms with Gasteiger partial charge in [0, 0.05) is 31.5 Å². The zero-order chi connectivity index (χ0) is 19.9. The summed E-state index contributed by atoms with van der Waals surface area (Å²) in [5, 5.41) is 8.90. The fourth-order valence-electron chi connectivity index (χ4n) is 4.20. The van der Waals surface area contributed by atoms with Crippen molar-refractivity contribution < 1.29 is 0 Å². The molecule has 6 rings (SSSR count). The zero-order valence-corrected chi connectivity index (χ0v) is 17.1. The van der Waals surface area contributed by atoms with Gasteiger partial charge in [0.15, 0.2) is 0 Å². The SMILES string of the molecule is c1ccc(-c2cccc(Nc3ccc4sc5ccc6ccccc6c5c4c3)c2)cc1. The van der Waals surface area contributed by atoms with Crippen LogP contribution in [0.4, 0.5) is 11.4 Å². The molecule has 0 bridgehead atoms. The molecule has 0 aliphatic heterocycles. The summed E-state index contributed by atoms with van der Waals surface area (Å²) < 4.78 is 2.66. The molecular formula is C28H19NS. The summed E-state index contributed by atoms with van der Waals surface area (Å²) in [5.74, 6) is 0. The van der Waals surface area contributed by atoms with Gasteiger partial charge in [-0.3, -0.25) is 0 Å². The maximum Gasteiger partial charge on any atom is 0.0391 e. The Bertz CT molecular complexity index is 1510. The van der Waals surface area contributed by atoms with E-state index < -0.39 is 0 Å². The number of nitrogens with one attached hydrogen (secondary N) is 1. The quantitative estimate of drug-likeness (QED) is 0.313. The Morgan fingerprint density at radius 3 is 2.20 bits per heavy atom. The van der Waals surface area contributed by atoms with E-state index in [0.29, 0.717) is 0 Å². The first-order valence-electron chi connectivity index (χ1n) is 10.1. The molecule has 1 nitrogen and oxygen atoms in total. The number of anilines is 2. The van der Waals surface area contributed by atoms with Gasteiger partial charge in [-0.25, -0.2) is 0 Å². The van der Waals surface area contributed by atoms with E-state index in [4.69, 9.17) is 0 Å². The topological polar surface area (TPSA) is 12.0 Å². The van der Waals surface area contributed by atoms with Gasteiger partial charge >= 0.3 is 0 Å². The molecule has 0 spiro atoms. The van der Waals surface area contributed by atoms with Crippen molar-refractivity contribution in [3.63, 3.8) is 0 Å². The van der Waals surface area contributed by atoms with Crippen molar-refractivity contribution in [2.45, 2.75) is 0 Å². The van der Waals surface area contributed by atoms with Gasteiger partial charge in [0.1, 0.15) is 0 Å². The highest BCUT2D eigenvalue weighted by molar-refractivity contribution is 7.26. The second kappa shape index (κ2) is 7.01. The first kappa shape index (κ1) is 17.3. The summed E-state index contributed by atoms with van der Waals surface area (Å²) >= 11 is 1.86. The molecule has 0 atom stereocenters. The normalized spacial score (nSPS) is 11.3. The summed E-state index contributed by atoms with van der Waals surface area (Å²) in [4.78, 5) is 0. The molecule has 1 heterocycles. The molecule has 0 radical (unpaired) electrons. The van der Waals surface area contributed by atoms with E-state index in [1.165, 1.54) is 42.1 Å². The summed E-state index contributed by atoms with van der Waals surface area (Å²) in [5.41, 5.74) is 4.65. The molecule has 1 N–H and O–H groups in total. The number of thiophene rings is 1. The molecule has 5 aromatic carbocycles. The van der Waals surface area contributed by atoms with E-state index in [0.717, 1.165) is 11.4 Å². The average Bonchev–Trinajstić information content (AvgIpc) is 3.18. The van der Waals surface area contributed by atoms with Crippen LogP contribution in [0.25, 0.3) is 42.1 Å². The molecule has 0 fully saturated rings. The van der Waals surface area contributed by atoms with E-state index in [-0.39, 0.29) is 0 Å². The molecule has 0 saturated carbocycles. The minimum Gasteiger partial charge on any atom is -0.355 e. The van der Waals surface area contributed by atoms with E-state index in [2.05, 4.69) is 115 Å². The Hall–Kier alpha value is -3.62. The molecule has 0 aliphatic rings. The number of hydrogen-bond acceptors (Lipinski definition) is 2. The molecule has 0 saturated heterocycles. The molecule has 142 valence electrons. The number of rotatable bonds is 3. The Balaban J connectivity index is 1.45. The standard InChI is InChI=1S/C28H19NS/c1-2-7-19(8-3-1)21-10-6-11-22(17-21)29-23-14-16-26-25(18-23)28-24-12-5-4-9-20(24)13-15-27(28)30-26/h1-18,29H. The highest BCUT2D eigenvalue weighted by Gasteiger charge is 2.09. The number of benzene rings is 5. The average molecular weight is 402 g/mol. The zero-order valence-electron chi connectivity index (χ0n) is 16.3. The summed E-state index contributed by atoms with van der Waals surface area (Å²) in [7, 11) is 0. The highest BCUT2D eigenvalue weighted by Crippen LogP contribution is 2.39. The van der Waals surface area contributed by atoms with Crippen LogP contribution in [-0.2, 0) is 0 Å². The van der Waals surface area contributed by atoms with Crippen LogP contribution in [0.2, 0.25) is 0 Å². The van der Waals surface area contributed by atoms with Crippen LogP contribution in [-0.4, -0.2) is 0 Å². The lowest BCUT2D eigenvalue weighted by Crippen LogP contribution is -1.90. The predicted octanol–water partition coefficient (Wildman–Crippen LogP) is 8.62. The molecular weight excluding hydrogens is 382 g/mol. The fraction of sp³-hybridized carbons (Fsp3) is 0. The lowest BCUT2D eigenvalue weighted by atomic mass is 10.0. The molecule has 0 amide bonds. The van der Waals surface area contributed by atoms with E-state index in [9.17, 15) is 0 Å². The second-order valence-corrected chi connectivity index (χ2v) is 8.63. The number of hydrogen-bond donors (Lipinski definition) is 1. The molecule has 0 unspecified atom stereocenters. The van der Waals surface area contributed by atoms with Crippen LogP contribution in [0.5, 0.6) is 0 Å². The summed E-state index contributed by atoms with van der Waals surface area (Å²) in [6, 6.07) is 38.9. The van der Waals surface area contributed by atoms with Crippen LogP contribution < -0.4 is 5.32 Å². The lowest BCUT2D eigenvalue weighted by Gasteiger charge is -2.09. The summed E-state index contributed by atoms with van der Waals surface area (Å²) in [6.45, 7) is 0. The maximum atomic E-state index is 3.61. The van der Waals surface area contributed by atoms with Crippen molar-refractivity contribution in [2.24, 2.45) is 0 Å².